The zero-order valence-corrected chi connectivity index (χ0v) is 19.3. The topological polar surface area (TPSA) is 116 Å². The summed E-state index contributed by atoms with van der Waals surface area (Å²) in [5.41, 5.74) is 1.65. The molecule has 1 N–H and O–H groups in total. The molecule has 2 aromatic carbocycles. The fraction of sp³-hybridized carbons (Fsp3) is 0.238. The van der Waals surface area contributed by atoms with E-state index in [4.69, 9.17) is 5.26 Å². The molecule has 1 unspecified atom stereocenters. The molecule has 32 heavy (non-hydrogen) atoms. The second-order valence-corrected chi connectivity index (χ2v) is 11.1. The van der Waals surface area contributed by atoms with Crippen molar-refractivity contribution < 1.29 is 13.2 Å². The molecule has 0 radical (unpaired) electrons. The molecule has 2 heterocycles. The molecule has 4 rings (SSSR count). The number of nitrogens with zero attached hydrogens (tertiary/aromatic N) is 4. The molecule has 1 amide bonds. The molecule has 0 aliphatic carbocycles. The smallest absolute Gasteiger partial charge is 0.244 e. The van der Waals surface area contributed by atoms with Crippen LogP contribution in [0.2, 0.25) is 0 Å². The van der Waals surface area contributed by atoms with Gasteiger partial charge in [-0.1, -0.05) is 53.4 Å². The van der Waals surface area contributed by atoms with Gasteiger partial charge in [-0.3, -0.25) is 10.1 Å². The normalized spacial score (nSPS) is 16.5. The molecule has 164 valence electrons. The number of sulfonamides is 1. The Hall–Kier alpha value is -2.78. The van der Waals surface area contributed by atoms with E-state index in [-0.39, 0.29) is 4.90 Å². The SMILES string of the molecule is N#Cc1ccc(CSc2nnc(NC(=O)C3CCCN3S(=O)(=O)c3ccccc3)s2)cc1. The Balaban J connectivity index is 1.38. The van der Waals surface area contributed by atoms with Crippen LogP contribution in [0.5, 0.6) is 0 Å². The van der Waals surface area contributed by atoms with E-state index in [1.165, 1.54) is 39.5 Å². The van der Waals surface area contributed by atoms with Gasteiger partial charge in [0.2, 0.25) is 21.1 Å². The minimum absolute atomic E-state index is 0.178. The van der Waals surface area contributed by atoms with E-state index >= 15 is 0 Å². The van der Waals surface area contributed by atoms with E-state index in [1.807, 2.05) is 12.1 Å². The van der Waals surface area contributed by atoms with Crippen molar-refractivity contribution in [3.63, 3.8) is 0 Å². The number of thioether (sulfide) groups is 1. The van der Waals surface area contributed by atoms with Crippen LogP contribution in [0.25, 0.3) is 0 Å². The van der Waals surface area contributed by atoms with E-state index < -0.39 is 22.0 Å². The van der Waals surface area contributed by atoms with Gasteiger partial charge in [0.1, 0.15) is 6.04 Å². The molecule has 1 saturated heterocycles. The van der Waals surface area contributed by atoms with Gasteiger partial charge in [0, 0.05) is 12.3 Å². The minimum atomic E-state index is -3.75. The van der Waals surface area contributed by atoms with E-state index in [1.54, 1.807) is 30.3 Å². The zero-order valence-electron chi connectivity index (χ0n) is 16.8. The van der Waals surface area contributed by atoms with Gasteiger partial charge >= 0.3 is 0 Å². The van der Waals surface area contributed by atoms with Crippen molar-refractivity contribution in [3.8, 4) is 6.07 Å². The fourth-order valence-electron chi connectivity index (χ4n) is 3.35. The summed E-state index contributed by atoms with van der Waals surface area (Å²) < 4.78 is 27.9. The number of anilines is 1. The summed E-state index contributed by atoms with van der Waals surface area (Å²) >= 11 is 2.71. The van der Waals surface area contributed by atoms with Gasteiger partial charge in [0.25, 0.3) is 0 Å². The summed E-state index contributed by atoms with van der Waals surface area (Å²) in [6.45, 7) is 0.303. The monoisotopic (exact) mass is 485 g/mol. The zero-order chi connectivity index (χ0) is 22.6. The van der Waals surface area contributed by atoms with E-state index in [0.717, 1.165) is 5.56 Å². The van der Waals surface area contributed by atoms with Crippen LogP contribution in [0.4, 0.5) is 5.13 Å². The number of nitrogens with one attached hydrogen (secondary N) is 1. The quantitative estimate of drug-likeness (QED) is 0.402. The average molecular weight is 486 g/mol. The minimum Gasteiger partial charge on any atom is -0.299 e. The van der Waals surface area contributed by atoms with E-state index in [9.17, 15) is 13.2 Å². The molecule has 1 aliphatic heterocycles. The Morgan fingerprint density at radius 2 is 1.94 bits per heavy atom. The van der Waals surface area contributed by atoms with Crippen molar-refractivity contribution >= 4 is 44.2 Å². The summed E-state index contributed by atoms with van der Waals surface area (Å²) in [5.74, 6) is 0.252. The molecule has 0 bridgehead atoms. The number of hydrogen-bond donors (Lipinski definition) is 1. The Labute approximate surface area is 194 Å². The molecule has 8 nitrogen and oxygen atoms in total. The van der Waals surface area contributed by atoms with E-state index in [2.05, 4.69) is 21.6 Å². The highest BCUT2D eigenvalue weighted by Gasteiger charge is 2.39. The molecular weight excluding hydrogens is 466 g/mol. The average Bonchev–Trinajstić information content (AvgIpc) is 3.49. The maximum Gasteiger partial charge on any atom is 0.244 e. The first-order valence-electron chi connectivity index (χ1n) is 9.80. The summed E-state index contributed by atoms with van der Waals surface area (Å²) in [5, 5.41) is 20.0. The lowest BCUT2D eigenvalue weighted by Crippen LogP contribution is -2.43. The largest absolute Gasteiger partial charge is 0.299 e. The molecule has 1 aromatic heterocycles. The van der Waals surface area contributed by atoms with Gasteiger partial charge in [0.15, 0.2) is 4.34 Å². The van der Waals surface area contributed by atoms with Gasteiger partial charge in [0.05, 0.1) is 16.5 Å². The molecule has 0 spiro atoms. The van der Waals surface area contributed by atoms with Gasteiger partial charge in [-0.15, -0.1) is 10.2 Å². The van der Waals surface area contributed by atoms with Crippen molar-refractivity contribution in [2.45, 2.75) is 33.9 Å². The molecule has 1 fully saturated rings. The molecule has 1 atom stereocenters. The maximum absolute atomic E-state index is 13.0. The summed E-state index contributed by atoms with van der Waals surface area (Å²) in [6, 6.07) is 16.7. The highest BCUT2D eigenvalue weighted by atomic mass is 32.2. The number of carbonyl (C=O) groups excluding carboxylic acids is 1. The summed E-state index contributed by atoms with van der Waals surface area (Å²) in [6.07, 6.45) is 1.07. The number of benzene rings is 2. The van der Waals surface area contributed by atoms with Crippen molar-refractivity contribution in [1.82, 2.24) is 14.5 Å². The van der Waals surface area contributed by atoms with Crippen molar-refractivity contribution in [2.75, 3.05) is 11.9 Å². The van der Waals surface area contributed by atoms with Crippen molar-refractivity contribution in [2.24, 2.45) is 0 Å². The van der Waals surface area contributed by atoms with Crippen molar-refractivity contribution in [3.05, 3.63) is 65.7 Å². The van der Waals surface area contributed by atoms with Crippen LogP contribution < -0.4 is 5.32 Å². The highest BCUT2D eigenvalue weighted by Crippen LogP contribution is 2.30. The number of hydrogen-bond acceptors (Lipinski definition) is 8. The number of carbonyl (C=O) groups is 1. The molecule has 1 aliphatic rings. The fourth-order valence-corrected chi connectivity index (χ4v) is 6.73. The lowest BCUT2D eigenvalue weighted by molar-refractivity contribution is -0.119. The van der Waals surface area contributed by atoms with Gasteiger partial charge in [-0.25, -0.2) is 8.42 Å². The van der Waals surface area contributed by atoms with Crippen LogP contribution in [0.1, 0.15) is 24.0 Å². The number of rotatable bonds is 7. The number of aromatic nitrogens is 2. The van der Waals surface area contributed by atoms with Crippen LogP contribution in [-0.2, 0) is 20.6 Å². The number of amides is 1. The molecule has 11 heteroatoms. The van der Waals surface area contributed by atoms with Crippen LogP contribution >= 0.6 is 23.1 Å². The summed E-state index contributed by atoms with van der Waals surface area (Å²) in [7, 11) is -3.75. The number of nitriles is 1. The first-order chi connectivity index (χ1) is 15.5. The van der Waals surface area contributed by atoms with E-state index in [0.29, 0.717) is 40.2 Å². The lowest BCUT2D eigenvalue weighted by Gasteiger charge is -2.22. The molecular formula is C21H19N5O3S3. The first kappa shape index (κ1) is 22.4. The Kier molecular flexibility index (Phi) is 6.86. The standard InChI is InChI=1S/C21H19N5O3S3/c22-13-15-8-10-16(11-9-15)14-30-21-25-24-20(31-21)23-19(27)18-7-4-12-26(18)32(28,29)17-5-2-1-3-6-17/h1-3,5-6,8-11,18H,4,7,12,14H2,(H,23,24,27). The van der Waals surface area contributed by atoms with Gasteiger partial charge in [-0.05, 0) is 42.7 Å². The van der Waals surface area contributed by atoms with Crippen LogP contribution in [0, 0.1) is 11.3 Å². The third-order valence-electron chi connectivity index (χ3n) is 4.94. The second kappa shape index (κ2) is 9.79. The predicted molar refractivity (Wildman–Crippen MR) is 123 cm³/mol. The summed E-state index contributed by atoms with van der Waals surface area (Å²) in [4.78, 5) is 13.0. The second-order valence-electron chi connectivity index (χ2n) is 7.05. The predicted octanol–water partition coefficient (Wildman–Crippen LogP) is 3.49. The van der Waals surface area contributed by atoms with Crippen LogP contribution in [0.3, 0.4) is 0 Å². The first-order valence-corrected chi connectivity index (χ1v) is 13.0. The maximum atomic E-state index is 13.0. The molecule has 3 aromatic rings. The van der Waals surface area contributed by atoms with Gasteiger partial charge < -0.3 is 0 Å². The Morgan fingerprint density at radius 3 is 2.66 bits per heavy atom. The van der Waals surface area contributed by atoms with Crippen LogP contribution in [-0.4, -0.2) is 41.4 Å². The molecule has 0 saturated carbocycles. The van der Waals surface area contributed by atoms with Crippen LogP contribution in [0.15, 0.2) is 63.8 Å². The Bertz CT molecular complexity index is 1240. The van der Waals surface area contributed by atoms with Gasteiger partial charge in [-0.2, -0.15) is 9.57 Å². The Morgan fingerprint density at radius 1 is 1.19 bits per heavy atom. The third kappa shape index (κ3) is 4.99. The van der Waals surface area contributed by atoms with Crippen molar-refractivity contribution in [1.29, 1.82) is 5.26 Å². The third-order valence-corrected chi connectivity index (χ3v) is 8.90. The lowest BCUT2D eigenvalue weighted by atomic mass is 10.2. The highest BCUT2D eigenvalue weighted by molar-refractivity contribution is 8.00.